The predicted octanol–water partition coefficient (Wildman–Crippen LogP) is 4.92. The van der Waals surface area contributed by atoms with E-state index >= 15 is 0 Å². The molecule has 1 atom stereocenters. The van der Waals surface area contributed by atoms with Crippen LogP contribution in [0.3, 0.4) is 0 Å². The number of fused-ring (bicyclic) bond motifs is 1. The third-order valence-electron chi connectivity index (χ3n) is 6.53. The summed E-state index contributed by atoms with van der Waals surface area (Å²) in [6.45, 7) is 6.32. The van der Waals surface area contributed by atoms with E-state index in [0.29, 0.717) is 50.9 Å². The third-order valence-corrected chi connectivity index (χ3v) is 7.51. The molecule has 3 aromatic carbocycles. The van der Waals surface area contributed by atoms with Gasteiger partial charge in [-0.3, -0.25) is 9.36 Å². The van der Waals surface area contributed by atoms with Crippen molar-refractivity contribution < 1.29 is 23.4 Å². The summed E-state index contributed by atoms with van der Waals surface area (Å²) in [6, 6.07) is 20.1. The number of thiazole rings is 1. The molecule has 41 heavy (non-hydrogen) atoms. The van der Waals surface area contributed by atoms with Gasteiger partial charge in [-0.05, 0) is 68.3 Å². The summed E-state index contributed by atoms with van der Waals surface area (Å²) in [7, 11) is 0. The Morgan fingerprint density at radius 2 is 1.73 bits per heavy atom. The minimum absolute atomic E-state index is 0.198. The monoisotopic (exact) mass is 572 g/mol. The molecule has 1 aliphatic heterocycles. The zero-order valence-electron chi connectivity index (χ0n) is 22.9. The molecule has 0 radical (unpaired) electrons. The van der Waals surface area contributed by atoms with Gasteiger partial charge in [-0.25, -0.2) is 14.2 Å². The molecule has 0 N–H and O–H groups in total. The fourth-order valence-electron chi connectivity index (χ4n) is 4.64. The number of carbonyl (C=O) groups is 1. The Bertz CT molecular complexity index is 1770. The molecule has 0 saturated carbocycles. The Labute approximate surface area is 240 Å². The molecular weight excluding hydrogens is 543 g/mol. The van der Waals surface area contributed by atoms with E-state index in [0.717, 1.165) is 11.1 Å². The van der Waals surface area contributed by atoms with E-state index in [-0.39, 0.29) is 18.0 Å². The van der Waals surface area contributed by atoms with Gasteiger partial charge in [0.1, 0.15) is 30.0 Å². The molecule has 0 amide bonds. The van der Waals surface area contributed by atoms with Crippen LogP contribution in [0.1, 0.15) is 43.5 Å². The molecule has 4 aromatic rings. The molecule has 0 aliphatic carbocycles. The standard InChI is InChI=1S/C32H29FN2O5S/c1-4-38-26-9-7-6-8-25(26)29-28(31(37)39-5-2)20(3)34-32-35(29)30(36)27(41-32)18-21-12-16-24(17-13-21)40-19-22-10-14-23(33)15-11-22/h6-18,29H,4-5,19H2,1-3H3/b27-18-/t29-/m0/s1. The molecular formula is C32H29FN2O5S. The number of aromatic nitrogens is 1. The summed E-state index contributed by atoms with van der Waals surface area (Å²) in [5.74, 6) is 0.425. The Hall–Kier alpha value is -4.50. The van der Waals surface area contributed by atoms with Gasteiger partial charge in [-0.2, -0.15) is 0 Å². The molecule has 210 valence electrons. The van der Waals surface area contributed by atoms with Gasteiger partial charge in [0.25, 0.3) is 5.56 Å². The zero-order valence-corrected chi connectivity index (χ0v) is 23.7. The van der Waals surface area contributed by atoms with Crippen molar-refractivity contribution >= 4 is 23.4 Å². The minimum Gasteiger partial charge on any atom is -0.494 e. The predicted molar refractivity (Wildman–Crippen MR) is 155 cm³/mol. The van der Waals surface area contributed by atoms with Crippen molar-refractivity contribution in [3.05, 3.63) is 126 Å². The highest BCUT2D eigenvalue weighted by Gasteiger charge is 2.35. The van der Waals surface area contributed by atoms with Gasteiger partial charge in [0, 0.05) is 5.56 Å². The maximum atomic E-state index is 13.9. The number of esters is 1. The Balaban J connectivity index is 1.52. The van der Waals surface area contributed by atoms with E-state index in [4.69, 9.17) is 14.2 Å². The fourth-order valence-corrected chi connectivity index (χ4v) is 5.68. The van der Waals surface area contributed by atoms with Gasteiger partial charge in [-0.15, -0.1) is 0 Å². The van der Waals surface area contributed by atoms with E-state index in [2.05, 4.69) is 4.99 Å². The van der Waals surface area contributed by atoms with Crippen LogP contribution in [-0.4, -0.2) is 23.8 Å². The van der Waals surface area contributed by atoms with E-state index in [1.807, 2.05) is 55.5 Å². The molecule has 0 bridgehead atoms. The molecule has 9 heteroatoms. The zero-order chi connectivity index (χ0) is 28.9. The van der Waals surface area contributed by atoms with Crippen molar-refractivity contribution in [2.24, 2.45) is 4.99 Å². The number of hydrogen-bond acceptors (Lipinski definition) is 7. The topological polar surface area (TPSA) is 79.1 Å². The van der Waals surface area contributed by atoms with E-state index in [1.54, 1.807) is 36.6 Å². The highest BCUT2D eigenvalue weighted by Crippen LogP contribution is 2.35. The normalized spacial score (nSPS) is 14.8. The molecule has 0 spiro atoms. The Morgan fingerprint density at radius 3 is 2.44 bits per heavy atom. The lowest BCUT2D eigenvalue weighted by Gasteiger charge is -2.26. The maximum Gasteiger partial charge on any atom is 0.338 e. The number of carbonyl (C=O) groups excluding carboxylic acids is 1. The number of nitrogens with zero attached hydrogens (tertiary/aromatic N) is 2. The first-order chi connectivity index (χ1) is 19.9. The van der Waals surface area contributed by atoms with Crippen LogP contribution in [0.5, 0.6) is 11.5 Å². The summed E-state index contributed by atoms with van der Waals surface area (Å²) in [5.41, 5.74) is 2.88. The number of benzene rings is 3. The van der Waals surface area contributed by atoms with E-state index < -0.39 is 12.0 Å². The van der Waals surface area contributed by atoms with Crippen LogP contribution in [-0.2, 0) is 16.1 Å². The van der Waals surface area contributed by atoms with Gasteiger partial charge in [0.15, 0.2) is 4.80 Å². The summed E-state index contributed by atoms with van der Waals surface area (Å²) in [5, 5.41) is 0. The number of rotatable bonds is 9. The highest BCUT2D eigenvalue weighted by atomic mass is 32.1. The minimum atomic E-state index is -0.752. The number of hydrogen-bond donors (Lipinski definition) is 0. The van der Waals surface area contributed by atoms with Crippen molar-refractivity contribution in [1.82, 2.24) is 4.57 Å². The first-order valence-corrected chi connectivity index (χ1v) is 14.1. The number of para-hydroxylation sites is 1. The maximum absolute atomic E-state index is 13.9. The van der Waals surface area contributed by atoms with Crippen molar-refractivity contribution in [3.63, 3.8) is 0 Å². The van der Waals surface area contributed by atoms with Crippen LogP contribution in [0.25, 0.3) is 6.08 Å². The van der Waals surface area contributed by atoms with Gasteiger partial charge in [-0.1, -0.05) is 53.8 Å². The average molecular weight is 573 g/mol. The lowest BCUT2D eigenvalue weighted by Crippen LogP contribution is -2.40. The second kappa shape index (κ2) is 12.3. The van der Waals surface area contributed by atoms with Gasteiger partial charge >= 0.3 is 5.97 Å². The largest absolute Gasteiger partial charge is 0.494 e. The second-order valence-corrected chi connectivity index (χ2v) is 10.3. The van der Waals surface area contributed by atoms with E-state index in [1.165, 1.54) is 23.5 Å². The SMILES string of the molecule is CCOC(=O)C1=C(C)N=c2s/c(=C\c3ccc(OCc4ccc(F)cc4)cc3)c(=O)n2[C@H]1c1ccccc1OCC. The van der Waals surface area contributed by atoms with Crippen LogP contribution in [0, 0.1) is 5.82 Å². The van der Waals surface area contributed by atoms with Crippen molar-refractivity contribution in [3.8, 4) is 11.5 Å². The molecule has 2 heterocycles. The summed E-state index contributed by atoms with van der Waals surface area (Å²) in [4.78, 5) is 32.1. The lowest BCUT2D eigenvalue weighted by molar-refractivity contribution is -0.139. The smallest absolute Gasteiger partial charge is 0.338 e. The molecule has 0 fully saturated rings. The average Bonchev–Trinajstić information content (AvgIpc) is 3.27. The van der Waals surface area contributed by atoms with Crippen LogP contribution in [0.4, 0.5) is 4.39 Å². The third kappa shape index (κ3) is 6.00. The van der Waals surface area contributed by atoms with E-state index in [9.17, 15) is 14.0 Å². The van der Waals surface area contributed by atoms with Crippen LogP contribution >= 0.6 is 11.3 Å². The quantitative estimate of drug-likeness (QED) is 0.266. The molecule has 7 nitrogen and oxygen atoms in total. The first kappa shape index (κ1) is 28.0. The first-order valence-electron chi connectivity index (χ1n) is 13.3. The lowest BCUT2D eigenvalue weighted by atomic mass is 9.95. The van der Waals surface area contributed by atoms with Crippen LogP contribution < -0.4 is 24.4 Å². The molecule has 5 rings (SSSR count). The number of halogens is 1. The van der Waals surface area contributed by atoms with Gasteiger partial charge in [0.2, 0.25) is 0 Å². The van der Waals surface area contributed by atoms with Crippen molar-refractivity contribution in [1.29, 1.82) is 0 Å². The van der Waals surface area contributed by atoms with Crippen molar-refractivity contribution in [2.45, 2.75) is 33.4 Å². The number of allylic oxidation sites excluding steroid dienone is 1. The molecule has 0 saturated heterocycles. The number of ether oxygens (including phenoxy) is 3. The molecule has 1 aliphatic rings. The van der Waals surface area contributed by atoms with Crippen LogP contribution in [0.2, 0.25) is 0 Å². The second-order valence-electron chi connectivity index (χ2n) is 9.26. The summed E-state index contributed by atoms with van der Waals surface area (Å²) in [6.07, 6.45) is 1.79. The Kier molecular flexibility index (Phi) is 8.45. The summed E-state index contributed by atoms with van der Waals surface area (Å²) >= 11 is 1.26. The Morgan fingerprint density at radius 1 is 1.00 bits per heavy atom. The van der Waals surface area contributed by atoms with Gasteiger partial charge < -0.3 is 14.2 Å². The fraction of sp³-hybridized carbons (Fsp3) is 0.219. The summed E-state index contributed by atoms with van der Waals surface area (Å²) < 4.78 is 32.2. The van der Waals surface area contributed by atoms with Gasteiger partial charge in [0.05, 0.1) is 29.0 Å². The van der Waals surface area contributed by atoms with Crippen LogP contribution in [0.15, 0.2) is 93.9 Å². The van der Waals surface area contributed by atoms with Crippen molar-refractivity contribution in [2.75, 3.05) is 13.2 Å². The molecule has 1 aromatic heterocycles. The molecule has 0 unspecified atom stereocenters. The highest BCUT2D eigenvalue weighted by molar-refractivity contribution is 7.07.